The van der Waals surface area contributed by atoms with Gasteiger partial charge in [0.1, 0.15) is 5.82 Å². The summed E-state index contributed by atoms with van der Waals surface area (Å²) in [7, 11) is -3.64. The van der Waals surface area contributed by atoms with E-state index in [4.69, 9.17) is 5.11 Å². The first-order chi connectivity index (χ1) is 8.36. The van der Waals surface area contributed by atoms with Gasteiger partial charge < -0.3 is 9.67 Å². The van der Waals surface area contributed by atoms with Gasteiger partial charge in [0.05, 0.1) is 0 Å². The van der Waals surface area contributed by atoms with E-state index >= 15 is 0 Å². The summed E-state index contributed by atoms with van der Waals surface area (Å²) in [5.74, 6) is -0.316. The fraction of sp³-hybridized carbons (Fsp3) is 0.600. The van der Waals surface area contributed by atoms with Gasteiger partial charge in [-0.25, -0.2) is 18.1 Å². The predicted molar refractivity (Wildman–Crippen MR) is 64.7 cm³/mol. The molecule has 8 heteroatoms. The third kappa shape index (κ3) is 3.81. The Bertz CT molecular complexity index is 521. The molecular formula is C10H17N3O4S. The zero-order valence-corrected chi connectivity index (χ0v) is 11.2. The van der Waals surface area contributed by atoms with Crippen LogP contribution in [0.2, 0.25) is 0 Å². The maximum atomic E-state index is 11.8. The Morgan fingerprint density at radius 1 is 1.56 bits per heavy atom. The average molecular weight is 275 g/mol. The van der Waals surface area contributed by atoms with Gasteiger partial charge in [-0.1, -0.05) is 0 Å². The molecule has 1 rings (SSSR count). The molecule has 1 heterocycles. The van der Waals surface area contributed by atoms with E-state index in [0.717, 1.165) is 0 Å². The highest BCUT2D eigenvalue weighted by Gasteiger charge is 2.18. The van der Waals surface area contributed by atoms with E-state index in [1.165, 1.54) is 6.20 Å². The highest BCUT2D eigenvalue weighted by Crippen LogP contribution is 2.08. The first-order valence-electron chi connectivity index (χ1n) is 5.62. The molecule has 0 atom stereocenters. The van der Waals surface area contributed by atoms with Crippen molar-refractivity contribution in [1.82, 2.24) is 14.3 Å². The quantitative estimate of drug-likeness (QED) is 0.699. The third-order valence-electron chi connectivity index (χ3n) is 2.43. The molecule has 0 saturated carbocycles. The van der Waals surface area contributed by atoms with Gasteiger partial charge in [-0.15, -0.1) is 0 Å². The van der Waals surface area contributed by atoms with Crippen LogP contribution in [0.4, 0.5) is 0 Å². The molecule has 18 heavy (non-hydrogen) atoms. The predicted octanol–water partition coefficient (Wildman–Crippen LogP) is 0.355. The first-order valence-corrected chi connectivity index (χ1v) is 7.10. The van der Waals surface area contributed by atoms with Crippen LogP contribution in [0.15, 0.2) is 11.2 Å². The van der Waals surface area contributed by atoms with Gasteiger partial charge in [-0.3, -0.25) is 4.79 Å². The van der Waals surface area contributed by atoms with Gasteiger partial charge in [0.2, 0.25) is 0 Å². The van der Waals surface area contributed by atoms with E-state index in [-0.39, 0.29) is 24.4 Å². The number of rotatable bonds is 7. The Kier molecular flexibility index (Phi) is 4.85. The van der Waals surface area contributed by atoms with Crippen LogP contribution in [-0.4, -0.2) is 35.6 Å². The molecule has 0 spiro atoms. The van der Waals surface area contributed by atoms with Crippen molar-refractivity contribution in [2.45, 2.75) is 38.3 Å². The molecule has 1 aromatic heterocycles. The topological polar surface area (TPSA) is 101 Å². The largest absolute Gasteiger partial charge is 0.481 e. The number of carbonyl (C=O) groups is 1. The molecule has 0 amide bonds. The minimum atomic E-state index is -3.64. The molecule has 0 aliphatic carbocycles. The van der Waals surface area contributed by atoms with Crippen LogP contribution >= 0.6 is 0 Å². The number of aliphatic carboxylic acids is 1. The molecule has 0 radical (unpaired) electrons. The molecule has 0 bridgehead atoms. The van der Waals surface area contributed by atoms with Crippen LogP contribution in [0, 0.1) is 6.92 Å². The zero-order valence-electron chi connectivity index (χ0n) is 10.4. The summed E-state index contributed by atoms with van der Waals surface area (Å²) in [6.45, 7) is 4.36. The van der Waals surface area contributed by atoms with Crippen LogP contribution in [0.5, 0.6) is 0 Å². The summed E-state index contributed by atoms with van der Waals surface area (Å²) >= 11 is 0. The van der Waals surface area contributed by atoms with Crippen molar-refractivity contribution in [2.75, 3.05) is 6.54 Å². The molecule has 0 aliphatic heterocycles. The monoisotopic (exact) mass is 275 g/mol. The van der Waals surface area contributed by atoms with E-state index in [1.54, 1.807) is 11.5 Å². The maximum absolute atomic E-state index is 11.8. The van der Waals surface area contributed by atoms with Crippen molar-refractivity contribution in [2.24, 2.45) is 0 Å². The van der Waals surface area contributed by atoms with Crippen LogP contribution in [0.1, 0.15) is 25.6 Å². The minimum Gasteiger partial charge on any atom is -0.481 e. The lowest BCUT2D eigenvalue weighted by atomic mass is 10.3. The van der Waals surface area contributed by atoms with Crippen molar-refractivity contribution >= 4 is 16.0 Å². The number of imidazole rings is 1. The lowest BCUT2D eigenvalue weighted by Gasteiger charge is -2.02. The smallest absolute Gasteiger partial charge is 0.303 e. The number of nitrogens with one attached hydrogen (secondary N) is 1. The SMILES string of the molecule is CCn1cc(S(=O)(=O)NCCCC(=O)O)nc1C. The Morgan fingerprint density at radius 3 is 2.72 bits per heavy atom. The Labute approximate surface area is 106 Å². The molecular weight excluding hydrogens is 258 g/mol. The van der Waals surface area contributed by atoms with Crippen molar-refractivity contribution < 1.29 is 18.3 Å². The van der Waals surface area contributed by atoms with Crippen LogP contribution in [0.3, 0.4) is 0 Å². The molecule has 7 nitrogen and oxygen atoms in total. The van der Waals surface area contributed by atoms with Gasteiger partial charge in [-0.05, 0) is 20.3 Å². The van der Waals surface area contributed by atoms with E-state index in [1.807, 2.05) is 6.92 Å². The second-order valence-corrected chi connectivity index (χ2v) is 5.52. The molecule has 0 fully saturated rings. The fourth-order valence-electron chi connectivity index (χ4n) is 1.45. The lowest BCUT2D eigenvalue weighted by molar-refractivity contribution is -0.137. The van der Waals surface area contributed by atoms with Crippen LogP contribution in [-0.2, 0) is 21.4 Å². The molecule has 0 saturated heterocycles. The van der Waals surface area contributed by atoms with Crippen molar-refractivity contribution in [3.8, 4) is 0 Å². The number of carboxylic acid groups (broad SMARTS) is 1. The van der Waals surface area contributed by atoms with Crippen molar-refractivity contribution in [3.05, 3.63) is 12.0 Å². The standard InChI is InChI=1S/C10H17N3O4S/c1-3-13-7-9(12-8(13)2)18(16,17)11-6-4-5-10(14)15/h7,11H,3-6H2,1-2H3,(H,14,15). The number of sulfonamides is 1. The number of carboxylic acids is 1. The van der Waals surface area contributed by atoms with E-state index in [9.17, 15) is 13.2 Å². The maximum Gasteiger partial charge on any atom is 0.303 e. The fourth-order valence-corrected chi connectivity index (χ4v) is 2.53. The molecule has 0 aromatic carbocycles. The summed E-state index contributed by atoms with van der Waals surface area (Å²) in [6.07, 6.45) is 1.65. The third-order valence-corrected chi connectivity index (χ3v) is 3.76. The van der Waals surface area contributed by atoms with Crippen molar-refractivity contribution in [3.63, 3.8) is 0 Å². The molecule has 0 unspecified atom stereocenters. The Morgan fingerprint density at radius 2 is 2.22 bits per heavy atom. The van der Waals surface area contributed by atoms with Gasteiger partial charge in [0, 0.05) is 25.7 Å². The molecule has 0 aliphatic rings. The summed E-state index contributed by atoms with van der Waals surface area (Å²) in [5.41, 5.74) is 0. The van der Waals surface area contributed by atoms with E-state index < -0.39 is 16.0 Å². The van der Waals surface area contributed by atoms with Gasteiger partial charge in [0.15, 0.2) is 5.03 Å². The van der Waals surface area contributed by atoms with Gasteiger partial charge in [-0.2, -0.15) is 0 Å². The zero-order chi connectivity index (χ0) is 13.8. The van der Waals surface area contributed by atoms with Crippen molar-refractivity contribution in [1.29, 1.82) is 0 Å². The summed E-state index contributed by atoms with van der Waals surface area (Å²) in [4.78, 5) is 14.3. The number of hydrogen-bond donors (Lipinski definition) is 2. The summed E-state index contributed by atoms with van der Waals surface area (Å²) in [5, 5.41) is 8.41. The summed E-state index contributed by atoms with van der Waals surface area (Å²) in [6, 6.07) is 0. The second-order valence-electron chi connectivity index (χ2n) is 3.81. The number of aryl methyl sites for hydroxylation is 2. The number of aromatic nitrogens is 2. The lowest BCUT2D eigenvalue weighted by Crippen LogP contribution is -2.25. The molecule has 1 aromatic rings. The van der Waals surface area contributed by atoms with Crippen LogP contribution < -0.4 is 4.72 Å². The van der Waals surface area contributed by atoms with E-state index in [2.05, 4.69) is 9.71 Å². The Hall–Kier alpha value is -1.41. The van der Waals surface area contributed by atoms with Crippen LogP contribution in [0.25, 0.3) is 0 Å². The van der Waals surface area contributed by atoms with E-state index in [0.29, 0.717) is 12.4 Å². The number of hydrogen-bond acceptors (Lipinski definition) is 4. The number of nitrogens with zero attached hydrogens (tertiary/aromatic N) is 2. The van der Waals surface area contributed by atoms with Gasteiger partial charge >= 0.3 is 5.97 Å². The highest BCUT2D eigenvalue weighted by molar-refractivity contribution is 7.89. The first kappa shape index (κ1) is 14.7. The molecule has 2 N–H and O–H groups in total. The summed E-state index contributed by atoms with van der Waals surface area (Å²) < 4.78 is 27.7. The minimum absolute atomic E-state index is 0.0304. The second kappa shape index (κ2) is 5.96. The highest BCUT2D eigenvalue weighted by atomic mass is 32.2. The molecule has 102 valence electrons. The normalized spacial score (nSPS) is 11.7. The van der Waals surface area contributed by atoms with Gasteiger partial charge in [0.25, 0.3) is 10.0 Å². The average Bonchev–Trinajstić information content (AvgIpc) is 2.66. The Balaban J connectivity index is 2.65.